The van der Waals surface area contributed by atoms with Crippen LogP contribution in [0.5, 0.6) is 0 Å². The Hall–Kier alpha value is -3.02. The Labute approximate surface area is 135 Å². The van der Waals surface area contributed by atoms with Gasteiger partial charge in [-0.25, -0.2) is 0 Å². The molecule has 0 saturated carbocycles. The molecule has 0 unspecified atom stereocenters. The molecule has 1 aromatic carbocycles. The number of pyridine rings is 1. The molecule has 3 aromatic rings. The molecule has 0 bridgehead atoms. The second-order valence-corrected chi connectivity index (χ2v) is 4.98. The minimum absolute atomic E-state index is 0.467. The number of anilines is 3. The fourth-order valence-corrected chi connectivity index (χ4v) is 2.20. The van der Waals surface area contributed by atoms with Crippen molar-refractivity contribution >= 4 is 17.5 Å². The number of aromatic nitrogens is 4. The Morgan fingerprint density at radius 2 is 1.91 bits per heavy atom. The summed E-state index contributed by atoms with van der Waals surface area (Å²) >= 11 is 0. The van der Waals surface area contributed by atoms with E-state index in [0.29, 0.717) is 18.3 Å². The topological polar surface area (TPSA) is 75.6 Å². The van der Waals surface area contributed by atoms with Gasteiger partial charge in [0, 0.05) is 11.9 Å². The van der Waals surface area contributed by atoms with Crippen molar-refractivity contribution in [2.24, 2.45) is 0 Å². The summed E-state index contributed by atoms with van der Waals surface area (Å²) in [6.07, 6.45) is 4.32. The lowest BCUT2D eigenvalue weighted by atomic mass is 10.1. The van der Waals surface area contributed by atoms with Gasteiger partial charge in [0.2, 0.25) is 5.95 Å². The number of para-hydroxylation sites is 1. The van der Waals surface area contributed by atoms with Crippen LogP contribution in [0.1, 0.15) is 18.2 Å². The van der Waals surface area contributed by atoms with Crippen molar-refractivity contribution in [1.29, 1.82) is 0 Å². The number of aryl methyl sites for hydroxylation is 1. The molecule has 6 nitrogen and oxygen atoms in total. The first-order chi connectivity index (χ1) is 11.3. The summed E-state index contributed by atoms with van der Waals surface area (Å²) in [5.41, 5.74) is 3.19. The van der Waals surface area contributed by atoms with Gasteiger partial charge in [-0.05, 0) is 30.2 Å². The molecular formula is C17H18N6. The third-order valence-corrected chi connectivity index (χ3v) is 3.37. The van der Waals surface area contributed by atoms with Crippen molar-refractivity contribution in [2.45, 2.75) is 19.9 Å². The summed E-state index contributed by atoms with van der Waals surface area (Å²) in [6, 6.07) is 13.9. The van der Waals surface area contributed by atoms with Gasteiger partial charge in [0.25, 0.3) is 0 Å². The number of nitrogens with zero attached hydrogens (tertiary/aromatic N) is 4. The number of benzene rings is 1. The summed E-state index contributed by atoms with van der Waals surface area (Å²) in [5, 5.41) is 14.4. The molecule has 0 aliphatic heterocycles. The summed E-state index contributed by atoms with van der Waals surface area (Å²) < 4.78 is 0. The molecule has 0 atom stereocenters. The average Bonchev–Trinajstić information content (AvgIpc) is 2.62. The molecule has 23 heavy (non-hydrogen) atoms. The van der Waals surface area contributed by atoms with Crippen LogP contribution in [0.4, 0.5) is 17.5 Å². The summed E-state index contributed by atoms with van der Waals surface area (Å²) in [4.78, 5) is 8.69. The van der Waals surface area contributed by atoms with E-state index in [1.165, 1.54) is 5.56 Å². The number of hydrogen-bond donors (Lipinski definition) is 2. The molecular weight excluding hydrogens is 288 g/mol. The van der Waals surface area contributed by atoms with E-state index in [9.17, 15) is 0 Å². The third-order valence-electron chi connectivity index (χ3n) is 3.37. The van der Waals surface area contributed by atoms with Gasteiger partial charge in [-0.15, -0.1) is 5.10 Å². The maximum absolute atomic E-state index is 4.43. The zero-order valence-electron chi connectivity index (χ0n) is 12.9. The van der Waals surface area contributed by atoms with E-state index in [0.717, 1.165) is 17.8 Å². The van der Waals surface area contributed by atoms with E-state index in [1.807, 2.05) is 36.4 Å². The van der Waals surface area contributed by atoms with Crippen molar-refractivity contribution in [3.8, 4) is 0 Å². The molecule has 0 aliphatic carbocycles. The first-order valence-corrected chi connectivity index (χ1v) is 7.53. The Morgan fingerprint density at radius 3 is 2.74 bits per heavy atom. The predicted octanol–water partition coefficient (Wildman–Crippen LogP) is 3.18. The van der Waals surface area contributed by atoms with Gasteiger partial charge >= 0.3 is 0 Å². The molecule has 6 heteroatoms. The normalized spacial score (nSPS) is 10.3. The van der Waals surface area contributed by atoms with Crippen LogP contribution in [0.25, 0.3) is 0 Å². The summed E-state index contributed by atoms with van der Waals surface area (Å²) in [6.45, 7) is 2.68. The van der Waals surface area contributed by atoms with Crippen molar-refractivity contribution in [3.05, 3.63) is 66.1 Å². The maximum atomic E-state index is 4.43. The van der Waals surface area contributed by atoms with Crippen molar-refractivity contribution in [1.82, 2.24) is 20.2 Å². The van der Waals surface area contributed by atoms with Crippen LogP contribution in [0, 0.1) is 0 Å². The van der Waals surface area contributed by atoms with E-state index in [-0.39, 0.29) is 0 Å². The molecule has 0 amide bonds. The molecule has 0 fully saturated rings. The summed E-state index contributed by atoms with van der Waals surface area (Å²) in [7, 11) is 0. The Morgan fingerprint density at radius 1 is 1.04 bits per heavy atom. The van der Waals surface area contributed by atoms with Crippen LogP contribution in [-0.2, 0) is 13.0 Å². The minimum atomic E-state index is 0.467. The van der Waals surface area contributed by atoms with E-state index in [1.54, 1.807) is 12.4 Å². The van der Waals surface area contributed by atoms with E-state index in [4.69, 9.17) is 0 Å². The largest absolute Gasteiger partial charge is 0.347 e. The SMILES string of the molecule is CCc1ccccc1Nc1cnnc(NCc2ccccn2)n1. The average molecular weight is 306 g/mol. The van der Waals surface area contributed by atoms with Gasteiger partial charge in [0.05, 0.1) is 18.4 Å². The second-order valence-electron chi connectivity index (χ2n) is 4.98. The number of nitrogens with one attached hydrogen (secondary N) is 2. The number of hydrogen-bond acceptors (Lipinski definition) is 6. The number of rotatable bonds is 6. The summed E-state index contributed by atoms with van der Waals surface area (Å²) in [5.74, 6) is 1.12. The zero-order chi connectivity index (χ0) is 15.9. The molecule has 2 N–H and O–H groups in total. The quantitative estimate of drug-likeness (QED) is 0.728. The standard InChI is InChI=1S/C17H18N6/c1-2-13-7-3-4-9-15(13)21-16-12-20-23-17(22-16)19-11-14-8-5-6-10-18-14/h3-10,12H,2,11H2,1H3,(H2,19,21,22,23). The Kier molecular flexibility index (Phi) is 4.73. The predicted molar refractivity (Wildman–Crippen MR) is 90.5 cm³/mol. The molecule has 2 aromatic heterocycles. The van der Waals surface area contributed by atoms with Gasteiger partial charge in [0.15, 0.2) is 5.82 Å². The first-order valence-electron chi connectivity index (χ1n) is 7.53. The van der Waals surface area contributed by atoms with E-state index in [2.05, 4.69) is 43.8 Å². The molecule has 0 radical (unpaired) electrons. The fourth-order valence-electron chi connectivity index (χ4n) is 2.20. The van der Waals surface area contributed by atoms with Crippen LogP contribution >= 0.6 is 0 Å². The van der Waals surface area contributed by atoms with Gasteiger partial charge in [0.1, 0.15) is 0 Å². The highest BCUT2D eigenvalue weighted by atomic mass is 15.3. The van der Waals surface area contributed by atoms with Gasteiger partial charge in [-0.2, -0.15) is 10.1 Å². The van der Waals surface area contributed by atoms with Crippen LogP contribution in [0.15, 0.2) is 54.9 Å². The van der Waals surface area contributed by atoms with Crippen molar-refractivity contribution < 1.29 is 0 Å². The second kappa shape index (κ2) is 7.31. The molecule has 0 spiro atoms. The van der Waals surface area contributed by atoms with Crippen LogP contribution in [0.2, 0.25) is 0 Å². The van der Waals surface area contributed by atoms with Crippen molar-refractivity contribution in [2.75, 3.05) is 10.6 Å². The zero-order valence-corrected chi connectivity index (χ0v) is 12.9. The van der Waals surface area contributed by atoms with Crippen LogP contribution in [-0.4, -0.2) is 20.2 Å². The highest BCUT2D eigenvalue weighted by molar-refractivity contribution is 5.60. The lowest BCUT2D eigenvalue weighted by Gasteiger charge is -2.10. The van der Waals surface area contributed by atoms with Gasteiger partial charge in [-0.1, -0.05) is 31.2 Å². The lowest BCUT2D eigenvalue weighted by molar-refractivity contribution is 0.934. The first kappa shape index (κ1) is 14.9. The lowest BCUT2D eigenvalue weighted by Crippen LogP contribution is -2.07. The molecule has 0 saturated heterocycles. The van der Waals surface area contributed by atoms with Crippen LogP contribution in [0.3, 0.4) is 0 Å². The van der Waals surface area contributed by atoms with Crippen molar-refractivity contribution in [3.63, 3.8) is 0 Å². The molecule has 3 rings (SSSR count). The van der Waals surface area contributed by atoms with Gasteiger partial charge < -0.3 is 10.6 Å². The van der Waals surface area contributed by atoms with Crippen LogP contribution < -0.4 is 10.6 Å². The smallest absolute Gasteiger partial charge is 0.245 e. The highest BCUT2D eigenvalue weighted by Crippen LogP contribution is 2.19. The molecule has 116 valence electrons. The minimum Gasteiger partial charge on any atom is -0.347 e. The molecule has 0 aliphatic rings. The Bertz CT molecular complexity index is 760. The monoisotopic (exact) mass is 306 g/mol. The van der Waals surface area contributed by atoms with E-state index < -0.39 is 0 Å². The highest BCUT2D eigenvalue weighted by Gasteiger charge is 2.04. The molecule has 2 heterocycles. The Balaban J connectivity index is 1.70. The third kappa shape index (κ3) is 4.00. The van der Waals surface area contributed by atoms with Gasteiger partial charge in [-0.3, -0.25) is 4.98 Å². The maximum Gasteiger partial charge on any atom is 0.245 e. The fraction of sp³-hybridized carbons (Fsp3) is 0.176. The van der Waals surface area contributed by atoms with E-state index >= 15 is 0 Å².